The van der Waals surface area contributed by atoms with E-state index in [1.54, 1.807) is 6.07 Å². The molecule has 0 aliphatic heterocycles. The molecule has 0 unspecified atom stereocenters. The second kappa shape index (κ2) is 7.52. The van der Waals surface area contributed by atoms with E-state index in [1.165, 1.54) is 24.1 Å². The topological polar surface area (TPSA) is 92.9 Å². The number of benzene rings is 1. The summed E-state index contributed by atoms with van der Waals surface area (Å²) in [6.07, 6.45) is 0.109. The highest BCUT2D eigenvalue weighted by molar-refractivity contribution is 5.98. The van der Waals surface area contributed by atoms with E-state index < -0.39 is 0 Å². The Morgan fingerprint density at radius 3 is 2.62 bits per heavy atom. The molecule has 6 nitrogen and oxygen atoms in total. The van der Waals surface area contributed by atoms with Crippen LogP contribution in [-0.2, 0) is 9.53 Å². The van der Waals surface area contributed by atoms with Crippen molar-refractivity contribution in [3.63, 3.8) is 0 Å². The van der Waals surface area contributed by atoms with Gasteiger partial charge in [-0.3, -0.25) is 9.59 Å². The van der Waals surface area contributed by atoms with Gasteiger partial charge in [-0.05, 0) is 18.1 Å². The first-order valence-electron chi connectivity index (χ1n) is 6.80. The van der Waals surface area contributed by atoms with E-state index in [0.717, 1.165) is 0 Å². The Kier molecular flexibility index (Phi) is 6.02. The summed E-state index contributed by atoms with van der Waals surface area (Å²) in [6.45, 7) is 4.65. The number of amides is 1. The van der Waals surface area contributed by atoms with E-state index in [1.807, 2.05) is 13.8 Å². The first-order valence-corrected chi connectivity index (χ1v) is 6.80. The van der Waals surface area contributed by atoms with E-state index in [4.69, 9.17) is 5.73 Å². The molecule has 116 valence electrons. The number of hydrogen-bond acceptors (Lipinski definition) is 5. The van der Waals surface area contributed by atoms with E-state index in [2.05, 4.69) is 4.74 Å². The minimum Gasteiger partial charge on any atom is -0.505 e. The molecule has 1 rings (SSSR count). The predicted molar refractivity (Wildman–Crippen MR) is 79.9 cm³/mol. The quantitative estimate of drug-likeness (QED) is 0.472. The highest BCUT2D eigenvalue weighted by atomic mass is 16.5. The fourth-order valence-electron chi connectivity index (χ4n) is 1.95. The van der Waals surface area contributed by atoms with Crippen LogP contribution in [0.5, 0.6) is 5.75 Å². The lowest BCUT2D eigenvalue weighted by Gasteiger charge is -2.24. The van der Waals surface area contributed by atoms with Crippen molar-refractivity contribution in [3.8, 4) is 5.75 Å². The molecule has 0 aromatic heterocycles. The van der Waals surface area contributed by atoms with Gasteiger partial charge in [0.1, 0.15) is 0 Å². The van der Waals surface area contributed by atoms with Crippen molar-refractivity contribution >= 4 is 17.6 Å². The van der Waals surface area contributed by atoms with Gasteiger partial charge in [0.2, 0.25) is 0 Å². The number of anilines is 1. The first-order chi connectivity index (χ1) is 9.86. The maximum absolute atomic E-state index is 12.5. The Labute approximate surface area is 124 Å². The van der Waals surface area contributed by atoms with Crippen LogP contribution in [0.1, 0.15) is 30.6 Å². The maximum Gasteiger partial charge on any atom is 0.307 e. The van der Waals surface area contributed by atoms with E-state index in [9.17, 15) is 14.7 Å². The first kappa shape index (κ1) is 16.8. The zero-order valence-corrected chi connectivity index (χ0v) is 12.6. The summed E-state index contributed by atoms with van der Waals surface area (Å²) in [6, 6.07) is 4.64. The van der Waals surface area contributed by atoms with Crippen molar-refractivity contribution in [3.05, 3.63) is 23.8 Å². The highest BCUT2D eigenvalue weighted by Crippen LogP contribution is 2.26. The molecule has 0 heterocycles. The molecular weight excluding hydrogens is 272 g/mol. The molecule has 0 atom stereocenters. The summed E-state index contributed by atoms with van der Waals surface area (Å²) in [7, 11) is 1.31. The Morgan fingerprint density at radius 2 is 2.05 bits per heavy atom. The molecule has 1 aromatic rings. The zero-order chi connectivity index (χ0) is 16.0. The molecule has 1 amide bonds. The lowest BCUT2D eigenvalue weighted by atomic mass is 10.1. The van der Waals surface area contributed by atoms with Crippen LogP contribution in [0.2, 0.25) is 0 Å². The van der Waals surface area contributed by atoms with Crippen molar-refractivity contribution in [2.75, 3.05) is 25.9 Å². The number of phenols is 1. The molecule has 0 radical (unpaired) electrons. The van der Waals surface area contributed by atoms with Crippen LogP contribution in [-0.4, -0.2) is 42.1 Å². The number of methoxy groups -OCH3 is 1. The van der Waals surface area contributed by atoms with E-state index in [0.29, 0.717) is 6.54 Å². The van der Waals surface area contributed by atoms with Gasteiger partial charge in [0.25, 0.3) is 5.91 Å². The average molecular weight is 294 g/mol. The molecule has 0 spiro atoms. The minimum absolute atomic E-state index is 0.109. The summed E-state index contributed by atoms with van der Waals surface area (Å²) in [5, 5.41) is 9.91. The smallest absolute Gasteiger partial charge is 0.307 e. The van der Waals surface area contributed by atoms with Gasteiger partial charge in [-0.1, -0.05) is 19.9 Å². The molecule has 21 heavy (non-hydrogen) atoms. The Balaban J connectivity index is 2.93. The van der Waals surface area contributed by atoms with Crippen molar-refractivity contribution < 1.29 is 19.4 Å². The number of phenolic OH excluding ortho intramolecular Hbond substituents is 1. The number of rotatable bonds is 6. The number of para-hydroxylation sites is 1. The van der Waals surface area contributed by atoms with Gasteiger partial charge in [0.15, 0.2) is 5.75 Å². The lowest BCUT2D eigenvalue weighted by Crippen LogP contribution is -2.36. The largest absolute Gasteiger partial charge is 0.505 e. The van der Waals surface area contributed by atoms with Gasteiger partial charge in [0.05, 0.1) is 24.8 Å². The van der Waals surface area contributed by atoms with Crippen molar-refractivity contribution in [2.45, 2.75) is 20.3 Å². The molecule has 0 saturated heterocycles. The van der Waals surface area contributed by atoms with Crippen molar-refractivity contribution in [1.82, 2.24) is 4.90 Å². The number of carbonyl (C=O) groups is 2. The zero-order valence-electron chi connectivity index (χ0n) is 12.6. The Hall–Kier alpha value is -2.24. The SMILES string of the molecule is COC(=O)CCN(CC(C)C)C(=O)c1cccc(N)c1O. The third-order valence-electron chi connectivity index (χ3n) is 2.98. The predicted octanol–water partition coefficient (Wildman–Crippen LogP) is 1.64. The number of nitrogen functional groups attached to an aromatic ring is 1. The molecule has 0 aliphatic carbocycles. The Bertz CT molecular complexity index is 514. The summed E-state index contributed by atoms with van der Waals surface area (Å²) in [5.74, 6) is -0.727. The number of ether oxygens (including phenoxy) is 1. The molecule has 3 N–H and O–H groups in total. The summed E-state index contributed by atoms with van der Waals surface area (Å²) < 4.78 is 4.59. The van der Waals surface area contributed by atoms with Gasteiger partial charge in [-0.2, -0.15) is 0 Å². The number of nitrogens with zero attached hydrogens (tertiary/aromatic N) is 1. The van der Waals surface area contributed by atoms with Crippen molar-refractivity contribution in [1.29, 1.82) is 0 Å². The fraction of sp³-hybridized carbons (Fsp3) is 0.467. The van der Waals surface area contributed by atoms with Crippen LogP contribution in [0.15, 0.2) is 18.2 Å². The van der Waals surface area contributed by atoms with Crippen LogP contribution in [0.25, 0.3) is 0 Å². The second-order valence-corrected chi connectivity index (χ2v) is 5.21. The molecule has 0 bridgehead atoms. The third-order valence-corrected chi connectivity index (χ3v) is 2.98. The van der Waals surface area contributed by atoms with Crippen LogP contribution in [0.4, 0.5) is 5.69 Å². The number of nitrogens with two attached hydrogens (primary N) is 1. The second-order valence-electron chi connectivity index (χ2n) is 5.21. The number of aromatic hydroxyl groups is 1. The number of hydrogen-bond donors (Lipinski definition) is 2. The highest BCUT2D eigenvalue weighted by Gasteiger charge is 2.21. The van der Waals surface area contributed by atoms with Gasteiger partial charge >= 0.3 is 5.97 Å². The normalized spacial score (nSPS) is 10.5. The molecule has 0 aliphatic rings. The van der Waals surface area contributed by atoms with Gasteiger partial charge < -0.3 is 20.5 Å². The molecule has 1 aromatic carbocycles. The van der Waals surface area contributed by atoms with Crippen molar-refractivity contribution in [2.24, 2.45) is 5.92 Å². The average Bonchev–Trinajstić information content (AvgIpc) is 2.44. The summed E-state index contributed by atoms with van der Waals surface area (Å²) >= 11 is 0. The van der Waals surface area contributed by atoms with Crippen LogP contribution in [0, 0.1) is 5.92 Å². The van der Waals surface area contributed by atoms with E-state index in [-0.39, 0.29) is 47.8 Å². The van der Waals surface area contributed by atoms with Gasteiger partial charge in [-0.15, -0.1) is 0 Å². The standard InChI is InChI=1S/C15H22N2O4/c1-10(2)9-17(8-7-13(18)21-3)15(20)11-5-4-6-12(16)14(11)19/h4-6,10,19H,7-9,16H2,1-3H3. The maximum atomic E-state index is 12.5. The Morgan fingerprint density at radius 1 is 1.38 bits per heavy atom. The van der Waals surface area contributed by atoms with E-state index >= 15 is 0 Å². The lowest BCUT2D eigenvalue weighted by molar-refractivity contribution is -0.140. The summed E-state index contributed by atoms with van der Waals surface area (Å²) in [5.41, 5.74) is 5.90. The third kappa shape index (κ3) is 4.66. The molecule has 6 heteroatoms. The van der Waals surface area contributed by atoms with Crippen LogP contribution >= 0.6 is 0 Å². The van der Waals surface area contributed by atoms with Crippen LogP contribution in [0.3, 0.4) is 0 Å². The number of carbonyl (C=O) groups excluding carboxylic acids is 2. The van der Waals surface area contributed by atoms with Gasteiger partial charge in [-0.25, -0.2) is 0 Å². The fourth-order valence-corrected chi connectivity index (χ4v) is 1.95. The number of esters is 1. The monoisotopic (exact) mass is 294 g/mol. The summed E-state index contributed by atoms with van der Waals surface area (Å²) in [4.78, 5) is 25.3. The minimum atomic E-state index is -0.381. The molecule has 0 fully saturated rings. The molecular formula is C15H22N2O4. The molecule has 0 saturated carbocycles. The van der Waals surface area contributed by atoms with Crippen LogP contribution < -0.4 is 5.73 Å². The van der Waals surface area contributed by atoms with Gasteiger partial charge in [0, 0.05) is 13.1 Å².